The summed E-state index contributed by atoms with van der Waals surface area (Å²) in [5.74, 6) is -0.223. The van der Waals surface area contributed by atoms with Gasteiger partial charge in [-0.1, -0.05) is 35.4 Å². The molecule has 1 aromatic rings. The number of hydrogen-bond acceptors (Lipinski definition) is 2. The van der Waals surface area contributed by atoms with Gasteiger partial charge in [0.2, 0.25) is 0 Å². The average molecular weight is 271 g/mol. The standard InChI is InChI=1S/C12H12Cl2N2O/c1-3-5-16(6-4-2)12(17)9-7-11(14)15-8-10(9)13/h3-4,7-8H,1-2,5-6H2. The lowest BCUT2D eigenvalue weighted by atomic mass is 10.2. The molecule has 1 heterocycles. The van der Waals surface area contributed by atoms with Crippen molar-refractivity contribution in [2.24, 2.45) is 0 Å². The number of aromatic nitrogens is 1. The fourth-order valence-corrected chi connectivity index (χ4v) is 1.64. The summed E-state index contributed by atoms with van der Waals surface area (Å²) in [4.78, 5) is 17.5. The Morgan fingerprint density at radius 3 is 2.47 bits per heavy atom. The third-order valence-electron chi connectivity index (χ3n) is 2.04. The Morgan fingerprint density at radius 1 is 1.35 bits per heavy atom. The molecule has 0 radical (unpaired) electrons. The van der Waals surface area contributed by atoms with Crippen molar-refractivity contribution >= 4 is 29.1 Å². The lowest BCUT2D eigenvalue weighted by Crippen LogP contribution is -2.31. The van der Waals surface area contributed by atoms with Gasteiger partial charge in [0, 0.05) is 19.3 Å². The van der Waals surface area contributed by atoms with E-state index in [0.29, 0.717) is 18.7 Å². The van der Waals surface area contributed by atoms with Crippen molar-refractivity contribution in [3.63, 3.8) is 0 Å². The molecule has 3 nitrogen and oxygen atoms in total. The van der Waals surface area contributed by atoms with Crippen LogP contribution in [0.5, 0.6) is 0 Å². The Bertz CT molecular complexity index is 436. The van der Waals surface area contributed by atoms with Gasteiger partial charge in [-0.2, -0.15) is 0 Å². The number of hydrogen-bond donors (Lipinski definition) is 0. The van der Waals surface area contributed by atoms with Crippen LogP contribution in [0.25, 0.3) is 0 Å². The number of nitrogens with zero attached hydrogens (tertiary/aromatic N) is 2. The largest absolute Gasteiger partial charge is 0.331 e. The molecular weight excluding hydrogens is 259 g/mol. The summed E-state index contributed by atoms with van der Waals surface area (Å²) in [5.41, 5.74) is 0.329. The smallest absolute Gasteiger partial charge is 0.256 e. The van der Waals surface area contributed by atoms with Crippen molar-refractivity contribution < 1.29 is 4.79 Å². The molecule has 0 aliphatic carbocycles. The maximum atomic E-state index is 12.2. The predicted molar refractivity (Wildman–Crippen MR) is 70.6 cm³/mol. The summed E-state index contributed by atoms with van der Waals surface area (Å²) in [6.45, 7) is 8.03. The SMILES string of the molecule is C=CCN(CC=C)C(=O)c1cc(Cl)ncc1Cl. The molecule has 1 rings (SSSR count). The van der Waals surface area contributed by atoms with Crippen molar-refractivity contribution in [2.45, 2.75) is 0 Å². The van der Waals surface area contributed by atoms with Crippen molar-refractivity contribution in [1.82, 2.24) is 9.88 Å². The Hall–Kier alpha value is -1.32. The second-order valence-electron chi connectivity index (χ2n) is 3.27. The third-order valence-corrected chi connectivity index (χ3v) is 2.55. The van der Waals surface area contributed by atoms with E-state index < -0.39 is 0 Å². The highest BCUT2D eigenvalue weighted by Crippen LogP contribution is 2.19. The molecule has 0 N–H and O–H groups in total. The zero-order valence-corrected chi connectivity index (χ0v) is 10.7. The molecule has 0 bridgehead atoms. The molecule has 90 valence electrons. The lowest BCUT2D eigenvalue weighted by Gasteiger charge is -2.19. The fraction of sp³-hybridized carbons (Fsp3) is 0.167. The highest BCUT2D eigenvalue weighted by atomic mass is 35.5. The maximum Gasteiger partial charge on any atom is 0.256 e. The first-order valence-corrected chi connectivity index (χ1v) is 5.67. The van der Waals surface area contributed by atoms with Gasteiger partial charge in [-0.15, -0.1) is 13.2 Å². The van der Waals surface area contributed by atoms with Gasteiger partial charge in [0.05, 0.1) is 10.6 Å². The number of pyridine rings is 1. The minimum absolute atomic E-state index is 0.223. The van der Waals surface area contributed by atoms with Crippen LogP contribution in [0.15, 0.2) is 37.6 Å². The number of amides is 1. The highest BCUT2D eigenvalue weighted by Gasteiger charge is 2.17. The zero-order valence-electron chi connectivity index (χ0n) is 9.20. The molecule has 1 aromatic heterocycles. The van der Waals surface area contributed by atoms with E-state index in [1.54, 1.807) is 17.1 Å². The quantitative estimate of drug-likeness (QED) is 0.608. The summed E-state index contributed by atoms with van der Waals surface area (Å²) in [5, 5.41) is 0.507. The number of halogens is 2. The molecule has 17 heavy (non-hydrogen) atoms. The van der Waals surface area contributed by atoms with E-state index in [2.05, 4.69) is 18.1 Å². The van der Waals surface area contributed by atoms with Crippen LogP contribution in [0.1, 0.15) is 10.4 Å². The number of rotatable bonds is 5. The van der Waals surface area contributed by atoms with Crippen molar-refractivity contribution in [1.29, 1.82) is 0 Å². The second kappa shape index (κ2) is 6.42. The van der Waals surface area contributed by atoms with E-state index in [-0.39, 0.29) is 16.1 Å². The fourth-order valence-electron chi connectivity index (χ4n) is 1.30. The van der Waals surface area contributed by atoms with Gasteiger partial charge in [-0.05, 0) is 6.07 Å². The minimum Gasteiger partial charge on any atom is -0.331 e. The maximum absolute atomic E-state index is 12.2. The molecule has 0 saturated carbocycles. The van der Waals surface area contributed by atoms with Crippen LogP contribution in [-0.4, -0.2) is 28.9 Å². The van der Waals surface area contributed by atoms with Crippen LogP contribution < -0.4 is 0 Å². The van der Waals surface area contributed by atoms with Crippen LogP contribution in [0.2, 0.25) is 10.2 Å². The van der Waals surface area contributed by atoms with Gasteiger partial charge in [-0.3, -0.25) is 4.79 Å². The molecule has 0 aromatic carbocycles. The van der Waals surface area contributed by atoms with E-state index in [1.807, 2.05) is 0 Å². The van der Waals surface area contributed by atoms with Gasteiger partial charge in [0.15, 0.2) is 0 Å². The second-order valence-corrected chi connectivity index (χ2v) is 4.07. The molecule has 0 fully saturated rings. The van der Waals surface area contributed by atoms with Crippen molar-refractivity contribution in [3.05, 3.63) is 53.3 Å². The van der Waals surface area contributed by atoms with Gasteiger partial charge in [0.25, 0.3) is 5.91 Å². The van der Waals surface area contributed by atoms with Gasteiger partial charge < -0.3 is 4.90 Å². The zero-order chi connectivity index (χ0) is 12.8. The van der Waals surface area contributed by atoms with Crippen LogP contribution in [0.4, 0.5) is 0 Å². The molecular formula is C12H12Cl2N2O. The highest BCUT2D eigenvalue weighted by molar-refractivity contribution is 6.35. The predicted octanol–water partition coefficient (Wildman–Crippen LogP) is 3.20. The summed E-state index contributed by atoms with van der Waals surface area (Å²) in [7, 11) is 0. The van der Waals surface area contributed by atoms with Gasteiger partial charge in [0.1, 0.15) is 5.15 Å². The third kappa shape index (κ3) is 3.58. The van der Waals surface area contributed by atoms with Gasteiger partial charge in [-0.25, -0.2) is 4.98 Å². The molecule has 0 saturated heterocycles. The molecule has 0 unspecified atom stereocenters. The summed E-state index contributed by atoms with van der Waals surface area (Å²) >= 11 is 11.7. The monoisotopic (exact) mass is 270 g/mol. The number of carbonyl (C=O) groups excluding carboxylic acids is 1. The summed E-state index contributed by atoms with van der Waals surface area (Å²) in [6, 6.07) is 1.45. The van der Waals surface area contributed by atoms with E-state index in [1.165, 1.54) is 12.3 Å². The first-order valence-electron chi connectivity index (χ1n) is 4.92. The number of carbonyl (C=O) groups is 1. The van der Waals surface area contributed by atoms with Crippen LogP contribution in [-0.2, 0) is 0 Å². The lowest BCUT2D eigenvalue weighted by molar-refractivity contribution is 0.0791. The molecule has 0 aliphatic rings. The van der Waals surface area contributed by atoms with E-state index in [9.17, 15) is 4.79 Å². The van der Waals surface area contributed by atoms with Gasteiger partial charge >= 0.3 is 0 Å². The topological polar surface area (TPSA) is 33.2 Å². The first-order chi connectivity index (χ1) is 8.10. The summed E-state index contributed by atoms with van der Waals surface area (Å²) in [6.07, 6.45) is 4.63. The van der Waals surface area contributed by atoms with Crippen LogP contribution in [0.3, 0.4) is 0 Å². The first kappa shape index (κ1) is 13.7. The molecule has 0 aliphatic heterocycles. The van der Waals surface area contributed by atoms with Crippen LogP contribution >= 0.6 is 23.2 Å². The Balaban J connectivity index is 3.03. The molecule has 0 spiro atoms. The van der Waals surface area contributed by atoms with Crippen molar-refractivity contribution in [2.75, 3.05) is 13.1 Å². The molecule has 5 heteroatoms. The summed E-state index contributed by atoms with van der Waals surface area (Å²) < 4.78 is 0. The average Bonchev–Trinajstić information content (AvgIpc) is 2.31. The Morgan fingerprint density at radius 2 is 1.94 bits per heavy atom. The Kier molecular flexibility index (Phi) is 5.19. The normalized spacial score (nSPS) is 9.76. The van der Waals surface area contributed by atoms with E-state index in [0.717, 1.165) is 0 Å². The minimum atomic E-state index is -0.223. The molecule has 1 amide bonds. The van der Waals surface area contributed by atoms with Crippen LogP contribution in [0, 0.1) is 0 Å². The Labute approximate surface area is 110 Å². The van der Waals surface area contributed by atoms with Crippen molar-refractivity contribution in [3.8, 4) is 0 Å². The molecule has 0 atom stereocenters. The van der Waals surface area contributed by atoms with E-state index in [4.69, 9.17) is 23.2 Å². The van der Waals surface area contributed by atoms with E-state index >= 15 is 0 Å².